The molecule has 0 aromatic carbocycles. The summed E-state index contributed by atoms with van der Waals surface area (Å²) in [4.78, 5) is 39.5. The fraction of sp³-hybridized carbons (Fsp3) is 0.857. The Morgan fingerprint density at radius 1 is 0.889 bits per heavy atom. The molecule has 0 aromatic rings. The Morgan fingerprint density at radius 2 is 1.48 bits per heavy atom. The maximum absolute atomic E-state index is 13.0. The minimum atomic E-state index is -0.796. The Bertz CT molecular complexity index is 505. The Labute approximate surface area is 163 Å². The summed E-state index contributed by atoms with van der Waals surface area (Å²) in [5.41, 5.74) is -0.796. The summed E-state index contributed by atoms with van der Waals surface area (Å²) in [7, 11) is 0. The molecule has 0 spiro atoms. The van der Waals surface area contributed by atoms with Crippen molar-refractivity contribution in [2.45, 2.75) is 90.0 Å². The molecule has 6 heteroatoms. The molecule has 0 heterocycles. The number of carbonyl (C=O) groups is 3. The van der Waals surface area contributed by atoms with Crippen LogP contribution in [0.2, 0.25) is 0 Å². The summed E-state index contributed by atoms with van der Waals surface area (Å²) >= 11 is 0. The fourth-order valence-electron chi connectivity index (χ4n) is 4.58. The number of amides is 3. The molecule has 27 heavy (non-hydrogen) atoms. The van der Waals surface area contributed by atoms with Gasteiger partial charge in [0, 0.05) is 19.5 Å². The summed E-state index contributed by atoms with van der Waals surface area (Å²) < 4.78 is 0. The maximum atomic E-state index is 13.0. The first kappa shape index (κ1) is 21.7. The van der Waals surface area contributed by atoms with Crippen molar-refractivity contribution in [3.05, 3.63) is 0 Å². The van der Waals surface area contributed by atoms with Crippen LogP contribution >= 0.6 is 0 Å². The van der Waals surface area contributed by atoms with E-state index in [9.17, 15) is 14.4 Å². The summed E-state index contributed by atoms with van der Waals surface area (Å²) in [5, 5.41) is 5.75. The number of hydrogen-bond acceptors (Lipinski definition) is 3. The van der Waals surface area contributed by atoms with E-state index in [2.05, 4.69) is 10.6 Å². The van der Waals surface area contributed by atoms with Crippen molar-refractivity contribution in [1.29, 1.82) is 0 Å². The van der Waals surface area contributed by atoms with Crippen molar-refractivity contribution in [2.24, 2.45) is 5.92 Å². The number of hydrogen-bond donors (Lipinski definition) is 2. The standard InChI is InChI=1S/C21H37N3O3/c1-3-24(4-2)20(27)21(13-9-6-10-14-21)23-19(26)16-22-18(25)15-17-11-7-5-8-12-17/h17H,3-16H2,1-2H3,(H,22,25)(H,23,26). The van der Waals surface area contributed by atoms with E-state index in [1.165, 1.54) is 19.3 Å². The van der Waals surface area contributed by atoms with Gasteiger partial charge in [-0.3, -0.25) is 14.4 Å². The van der Waals surface area contributed by atoms with Gasteiger partial charge >= 0.3 is 0 Å². The highest BCUT2D eigenvalue weighted by Gasteiger charge is 2.42. The van der Waals surface area contributed by atoms with Gasteiger partial charge in [0.05, 0.1) is 6.54 Å². The van der Waals surface area contributed by atoms with Crippen LogP contribution in [0.15, 0.2) is 0 Å². The Kier molecular flexibility index (Phi) is 8.58. The molecule has 2 aliphatic carbocycles. The number of nitrogens with zero attached hydrogens (tertiary/aromatic N) is 1. The SMILES string of the molecule is CCN(CC)C(=O)C1(NC(=O)CNC(=O)CC2CCCCC2)CCCCC1. The molecular formula is C21H37N3O3. The van der Waals surface area contributed by atoms with Gasteiger partial charge in [-0.2, -0.15) is 0 Å². The second-order valence-corrected chi connectivity index (χ2v) is 8.15. The highest BCUT2D eigenvalue weighted by Crippen LogP contribution is 2.30. The fourth-order valence-corrected chi connectivity index (χ4v) is 4.58. The number of nitrogens with one attached hydrogen (secondary N) is 2. The van der Waals surface area contributed by atoms with E-state index in [0.29, 0.717) is 38.3 Å². The van der Waals surface area contributed by atoms with E-state index in [1.54, 1.807) is 4.90 Å². The van der Waals surface area contributed by atoms with Crippen LogP contribution in [-0.4, -0.2) is 47.8 Å². The molecule has 3 amide bonds. The van der Waals surface area contributed by atoms with Crippen LogP contribution < -0.4 is 10.6 Å². The molecule has 0 radical (unpaired) electrons. The van der Waals surface area contributed by atoms with Crippen molar-refractivity contribution in [1.82, 2.24) is 15.5 Å². The third-order valence-corrected chi connectivity index (χ3v) is 6.19. The molecule has 0 aromatic heterocycles. The van der Waals surface area contributed by atoms with Crippen LogP contribution in [0, 0.1) is 5.92 Å². The van der Waals surface area contributed by atoms with E-state index in [4.69, 9.17) is 0 Å². The van der Waals surface area contributed by atoms with Crippen LogP contribution in [0.1, 0.15) is 84.5 Å². The number of carbonyl (C=O) groups excluding carboxylic acids is 3. The molecule has 0 saturated heterocycles. The predicted molar refractivity (Wildman–Crippen MR) is 106 cm³/mol. The lowest BCUT2D eigenvalue weighted by Crippen LogP contribution is -2.61. The van der Waals surface area contributed by atoms with Crippen molar-refractivity contribution in [3.8, 4) is 0 Å². The first-order valence-corrected chi connectivity index (χ1v) is 10.9. The van der Waals surface area contributed by atoms with E-state index < -0.39 is 5.54 Å². The van der Waals surface area contributed by atoms with Gasteiger partial charge in [0.15, 0.2) is 0 Å². The molecule has 6 nitrogen and oxygen atoms in total. The van der Waals surface area contributed by atoms with Crippen molar-refractivity contribution >= 4 is 17.7 Å². The van der Waals surface area contributed by atoms with Crippen LogP contribution in [-0.2, 0) is 14.4 Å². The number of likely N-dealkylation sites (N-methyl/N-ethyl adjacent to an activating group) is 1. The highest BCUT2D eigenvalue weighted by molar-refractivity contribution is 5.93. The molecule has 0 bridgehead atoms. The predicted octanol–water partition coefficient (Wildman–Crippen LogP) is 2.76. The normalized spacial score (nSPS) is 19.9. The van der Waals surface area contributed by atoms with Gasteiger partial charge in [-0.15, -0.1) is 0 Å². The Hall–Kier alpha value is -1.59. The zero-order valence-corrected chi connectivity index (χ0v) is 17.1. The second kappa shape index (κ2) is 10.7. The van der Waals surface area contributed by atoms with Gasteiger partial charge < -0.3 is 15.5 Å². The third-order valence-electron chi connectivity index (χ3n) is 6.19. The lowest BCUT2D eigenvalue weighted by atomic mass is 9.80. The summed E-state index contributed by atoms with van der Waals surface area (Å²) in [6.45, 7) is 5.17. The zero-order chi connectivity index (χ0) is 19.7. The first-order chi connectivity index (χ1) is 13.0. The average molecular weight is 380 g/mol. The van der Waals surface area contributed by atoms with Crippen LogP contribution in [0.5, 0.6) is 0 Å². The van der Waals surface area contributed by atoms with E-state index >= 15 is 0 Å². The quantitative estimate of drug-likeness (QED) is 0.681. The highest BCUT2D eigenvalue weighted by atomic mass is 16.2. The summed E-state index contributed by atoms with van der Waals surface area (Å²) in [6, 6.07) is 0. The second-order valence-electron chi connectivity index (χ2n) is 8.15. The molecule has 0 unspecified atom stereocenters. The van der Waals surface area contributed by atoms with Gasteiger partial charge in [-0.25, -0.2) is 0 Å². The molecule has 2 aliphatic rings. The third kappa shape index (κ3) is 6.22. The molecule has 154 valence electrons. The van der Waals surface area contributed by atoms with E-state index in [1.807, 2.05) is 13.8 Å². The minimum Gasteiger partial charge on any atom is -0.347 e. The largest absolute Gasteiger partial charge is 0.347 e. The summed E-state index contributed by atoms with van der Waals surface area (Å²) in [5.74, 6) is 0.170. The molecular weight excluding hydrogens is 342 g/mol. The van der Waals surface area contributed by atoms with Crippen molar-refractivity contribution in [2.75, 3.05) is 19.6 Å². The lowest BCUT2D eigenvalue weighted by molar-refractivity contribution is -0.143. The van der Waals surface area contributed by atoms with Crippen LogP contribution in [0.3, 0.4) is 0 Å². The van der Waals surface area contributed by atoms with Crippen LogP contribution in [0.4, 0.5) is 0 Å². The summed E-state index contributed by atoms with van der Waals surface area (Å²) in [6.07, 6.45) is 10.8. The Morgan fingerprint density at radius 3 is 2.07 bits per heavy atom. The first-order valence-electron chi connectivity index (χ1n) is 10.9. The van der Waals surface area contributed by atoms with E-state index in [-0.39, 0.29) is 24.3 Å². The molecule has 0 aliphatic heterocycles. The molecule has 2 rings (SSSR count). The van der Waals surface area contributed by atoms with E-state index in [0.717, 1.165) is 32.1 Å². The maximum Gasteiger partial charge on any atom is 0.248 e. The Balaban J connectivity index is 1.87. The van der Waals surface area contributed by atoms with Gasteiger partial charge in [-0.1, -0.05) is 38.5 Å². The van der Waals surface area contributed by atoms with Gasteiger partial charge in [0.25, 0.3) is 0 Å². The smallest absolute Gasteiger partial charge is 0.248 e. The molecule has 2 N–H and O–H groups in total. The van der Waals surface area contributed by atoms with Gasteiger partial charge in [0.1, 0.15) is 5.54 Å². The number of rotatable bonds is 8. The van der Waals surface area contributed by atoms with Crippen molar-refractivity contribution < 1.29 is 14.4 Å². The minimum absolute atomic E-state index is 0.0223. The average Bonchev–Trinajstić information content (AvgIpc) is 2.69. The topological polar surface area (TPSA) is 78.5 Å². The van der Waals surface area contributed by atoms with Gasteiger partial charge in [0.2, 0.25) is 17.7 Å². The van der Waals surface area contributed by atoms with Crippen LogP contribution in [0.25, 0.3) is 0 Å². The molecule has 2 fully saturated rings. The molecule has 2 saturated carbocycles. The lowest BCUT2D eigenvalue weighted by Gasteiger charge is -2.40. The van der Waals surface area contributed by atoms with Crippen molar-refractivity contribution in [3.63, 3.8) is 0 Å². The van der Waals surface area contributed by atoms with Gasteiger partial charge in [-0.05, 0) is 45.4 Å². The molecule has 0 atom stereocenters. The monoisotopic (exact) mass is 379 g/mol. The zero-order valence-electron chi connectivity index (χ0n) is 17.1.